The summed E-state index contributed by atoms with van der Waals surface area (Å²) in [5, 5.41) is -0.0225. The maximum Gasteiger partial charge on any atom is 0.309 e. The number of nitrogens with two attached hydrogens (primary N) is 1. The van der Waals surface area contributed by atoms with Gasteiger partial charge >= 0.3 is 5.97 Å². The van der Waals surface area contributed by atoms with Crippen molar-refractivity contribution in [2.24, 2.45) is 11.7 Å². The molecule has 7 heteroatoms. The number of nitrogens with one attached hydrogen (secondary N) is 2. The van der Waals surface area contributed by atoms with Crippen molar-refractivity contribution in [3.05, 3.63) is 0 Å². The number of hydrogen-bond acceptors (Lipinski definition) is 4. The van der Waals surface area contributed by atoms with Crippen LogP contribution in [0.15, 0.2) is 0 Å². The summed E-state index contributed by atoms with van der Waals surface area (Å²) in [6.07, 6.45) is 0.539. The fourth-order valence-corrected chi connectivity index (χ4v) is 1.46. The van der Waals surface area contributed by atoms with Gasteiger partial charge in [-0.2, -0.15) is 0 Å². The molecule has 15 heavy (non-hydrogen) atoms. The molecule has 1 amide bonds. The number of ether oxygens (including phenoxy) is 1. The number of carbonyl (C=O) groups is 2. The summed E-state index contributed by atoms with van der Waals surface area (Å²) in [5.74, 6) is -1.03. The minimum Gasteiger partial charge on any atom is -0.462 e. The van der Waals surface area contributed by atoms with E-state index in [1.807, 2.05) is 0 Å². The second-order valence-electron chi connectivity index (χ2n) is 3.42. The monoisotopic (exact) mass is 231 g/mol. The quantitative estimate of drug-likeness (QED) is 0.327. The van der Waals surface area contributed by atoms with Crippen LogP contribution in [0.3, 0.4) is 0 Å². The topological polar surface area (TPSA) is 93.5 Å². The van der Waals surface area contributed by atoms with Gasteiger partial charge in [0.05, 0.1) is 12.0 Å². The van der Waals surface area contributed by atoms with E-state index >= 15 is 0 Å². The molecule has 0 aliphatic carbocycles. The molecule has 0 radical (unpaired) electrons. The predicted molar refractivity (Wildman–Crippen MR) is 56.3 cm³/mol. The largest absolute Gasteiger partial charge is 0.462 e. The number of thiocarbonyl (C=S) groups is 1. The molecule has 1 rings (SSSR count). The number of hydrogen-bond donors (Lipinski definition) is 3. The van der Waals surface area contributed by atoms with Crippen molar-refractivity contribution in [2.45, 2.75) is 25.9 Å². The zero-order valence-corrected chi connectivity index (χ0v) is 9.10. The number of rotatable bonds is 2. The molecule has 2 atom stereocenters. The van der Waals surface area contributed by atoms with E-state index in [0.717, 1.165) is 0 Å². The highest BCUT2D eigenvalue weighted by atomic mass is 32.1. The highest BCUT2D eigenvalue weighted by Crippen LogP contribution is 2.23. The van der Waals surface area contributed by atoms with Crippen molar-refractivity contribution >= 4 is 29.2 Å². The molecule has 1 saturated heterocycles. The smallest absolute Gasteiger partial charge is 0.309 e. The Kier molecular flexibility index (Phi) is 3.84. The number of amides is 1. The van der Waals surface area contributed by atoms with Crippen LogP contribution in [0.1, 0.15) is 19.8 Å². The third-order valence-corrected chi connectivity index (χ3v) is 2.13. The van der Waals surface area contributed by atoms with Crippen molar-refractivity contribution in [1.82, 2.24) is 10.9 Å². The SMILES string of the molecule is CC1CC(CC(=O)NNC(N)=S)C(=O)O1. The first-order valence-corrected chi connectivity index (χ1v) is 4.94. The molecular weight excluding hydrogens is 218 g/mol. The van der Waals surface area contributed by atoms with Gasteiger partial charge in [-0.05, 0) is 25.6 Å². The Morgan fingerprint density at radius 1 is 1.67 bits per heavy atom. The Balaban J connectivity index is 2.32. The van der Waals surface area contributed by atoms with Gasteiger partial charge in [0.25, 0.3) is 0 Å². The van der Waals surface area contributed by atoms with Gasteiger partial charge in [0.2, 0.25) is 5.91 Å². The third-order valence-electron chi connectivity index (χ3n) is 2.02. The van der Waals surface area contributed by atoms with E-state index in [1.165, 1.54) is 0 Å². The lowest BCUT2D eigenvalue weighted by atomic mass is 10.0. The van der Waals surface area contributed by atoms with Crippen LogP contribution in [0.25, 0.3) is 0 Å². The van der Waals surface area contributed by atoms with E-state index in [1.54, 1.807) is 6.92 Å². The van der Waals surface area contributed by atoms with Crippen molar-refractivity contribution < 1.29 is 14.3 Å². The number of esters is 1. The molecule has 1 fully saturated rings. The van der Waals surface area contributed by atoms with Crippen LogP contribution in [-0.4, -0.2) is 23.1 Å². The van der Waals surface area contributed by atoms with Gasteiger partial charge in [0, 0.05) is 6.42 Å². The third kappa shape index (κ3) is 3.70. The second-order valence-corrected chi connectivity index (χ2v) is 3.86. The van der Waals surface area contributed by atoms with Crippen LogP contribution >= 0.6 is 12.2 Å². The lowest BCUT2D eigenvalue weighted by Gasteiger charge is -2.07. The summed E-state index contributed by atoms with van der Waals surface area (Å²) in [4.78, 5) is 22.4. The average Bonchev–Trinajstić information content (AvgIpc) is 2.42. The highest BCUT2D eigenvalue weighted by molar-refractivity contribution is 7.80. The van der Waals surface area contributed by atoms with Crippen molar-refractivity contribution in [1.29, 1.82) is 0 Å². The maximum atomic E-state index is 11.3. The highest BCUT2D eigenvalue weighted by Gasteiger charge is 2.33. The number of hydrazine groups is 1. The van der Waals surface area contributed by atoms with E-state index < -0.39 is 0 Å². The molecule has 0 aromatic heterocycles. The summed E-state index contributed by atoms with van der Waals surface area (Å²) < 4.78 is 4.91. The van der Waals surface area contributed by atoms with Crippen LogP contribution in [-0.2, 0) is 14.3 Å². The molecule has 84 valence electrons. The number of carbonyl (C=O) groups excluding carboxylic acids is 2. The lowest BCUT2D eigenvalue weighted by molar-refractivity contribution is -0.145. The average molecular weight is 231 g/mol. The van der Waals surface area contributed by atoms with E-state index in [2.05, 4.69) is 23.1 Å². The Bertz CT molecular complexity index is 295. The summed E-state index contributed by atoms with van der Waals surface area (Å²) in [5.41, 5.74) is 9.70. The molecule has 0 spiro atoms. The summed E-state index contributed by atoms with van der Waals surface area (Å²) in [7, 11) is 0. The Hall–Kier alpha value is -1.37. The first-order valence-electron chi connectivity index (χ1n) is 4.54. The predicted octanol–water partition coefficient (Wildman–Crippen LogP) is -0.807. The maximum absolute atomic E-state index is 11.3. The van der Waals surface area contributed by atoms with Gasteiger partial charge in [-0.15, -0.1) is 0 Å². The molecule has 0 aromatic carbocycles. The molecular formula is C8H13N3O3S. The van der Waals surface area contributed by atoms with Crippen molar-refractivity contribution in [3.8, 4) is 0 Å². The van der Waals surface area contributed by atoms with Gasteiger partial charge < -0.3 is 10.5 Å². The van der Waals surface area contributed by atoms with Gasteiger partial charge in [0.1, 0.15) is 0 Å². The van der Waals surface area contributed by atoms with Gasteiger partial charge in [-0.1, -0.05) is 0 Å². The molecule has 6 nitrogen and oxygen atoms in total. The second kappa shape index (κ2) is 4.92. The zero-order valence-electron chi connectivity index (χ0n) is 8.28. The molecule has 0 saturated carbocycles. The summed E-state index contributed by atoms with van der Waals surface area (Å²) in [6.45, 7) is 1.79. The van der Waals surface area contributed by atoms with Gasteiger partial charge in [-0.25, -0.2) is 0 Å². The zero-order chi connectivity index (χ0) is 11.4. The molecule has 4 N–H and O–H groups in total. The molecule has 1 heterocycles. The molecule has 1 aliphatic heterocycles. The molecule has 2 unspecified atom stereocenters. The Morgan fingerprint density at radius 3 is 2.80 bits per heavy atom. The van der Waals surface area contributed by atoms with Crippen LogP contribution < -0.4 is 16.6 Å². The molecule has 1 aliphatic rings. The van der Waals surface area contributed by atoms with Crippen molar-refractivity contribution in [2.75, 3.05) is 0 Å². The minimum atomic E-state index is -0.367. The molecule has 0 aromatic rings. The van der Waals surface area contributed by atoms with E-state index in [4.69, 9.17) is 10.5 Å². The van der Waals surface area contributed by atoms with Crippen LogP contribution in [0.2, 0.25) is 0 Å². The number of cyclic esters (lactones) is 1. The van der Waals surface area contributed by atoms with Gasteiger partial charge in [0.15, 0.2) is 5.11 Å². The van der Waals surface area contributed by atoms with E-state index in [0.29, 0.717) is 6.42 Å². The first kappa shape index (κ1) is 11.7. The fourth-order valence-electron chi connectivity index (χ4n) is 1.41. The van der Waals surface area contributed by atoms with E-state index in [9.17, 15) is 9.59 Å². The van der Waals surface area contributed by atoms with E-state index in [-0.39, 0.29) is 35.4 Å². The van der Waals surface area contributed by atoms with Gasteiger partial charge in [-0.3, -0.25) is 20.4 Å². The Labute approximate surface area is 92.5 Å². The van der Waals surface area contributed by atoms with Crippen LogP contribution in [0.4, 0.5) is 0 Å². The van der Waals surface area contributed by atoms with Crippen LogP contribution in [0.5, 0.6) is 0 Å². The first-order chi connectivity index (χ1) is 6.99. The Morgan fingerprint density at radius 2 is 2.33 bits per heavy atom. The minimum absolute atomic E-state index is 0.0225. The lowest BCUT2D eigenvalue weighted by Crippen LogP contribution is -2.45. The summed E-state index contributed by atoms with van der Waals surface area (Å²) in [6, 6.07) is 0. The summed E-state index contributed by atoms with van der Waals surface area (Å²) >= 11 is 4.50. The molecule has 0 bridgehead atoms. The van der Waals surface area contributed by atoms with Crippen molar-refractivity contribution in [3.63, 3.8) is 0 Å². The normalized spacial score (nSPS) is 24.5. The fraction of sp³-hybridized carbons (Fsp3) is 0.625. The standard InChI is InChI=1S/C8H13N3O3S/c1-4-2-5(7(13)14-4)3-6(12)10-11-8(9)15/h4-5H,2-3H2,1H3,(H,10,12)(H3,9,11,15). The van der Waals surface area contributed by atoms with Crippen LogP contribution in [0, 0.1) is 5.92 Å².